The highest BCUT2D eigenvalue weighted by Crippen LogP contribution is 2.16. The molecule has 1 aliphatic heterocycles. The van der Waals surface area contributed by atoms with Crippen LogP contribution in [0.25, 0.3) is 0 Å². The van der Waals surface area contributed by atoms with Crippen LogP contribution in [0.3, 0.4) is 0 Å². The molecule has 0 saturated carbocycles. The Morgan fingerprint density at radius 3 is 2.45 bits per heavy atom. The van der Waals surface area contributed by atoms with Gasteiger partial charge in [-0.1, -0.05) is 0 Å². The average molecular weight is 365 g/mol. The zero-order chi connectivity index (χ0) is 14.8. The van der Waals surface area contributed by atoms with Gasteiger partial charge in [-0.05, 0) is 28.1 Å². The Kier molecular flexibility index (Phi) is 4.87. The number of hydrogen-bond acceptors (Lipinski definition) is 5. The molecule has 2 rings (SSSR count). The zero-order valence-corrected chi connectivity index (χ0v) is 13.6. The molecule has 0 aromatic carbocycles. The monoisotopic (exact) mass is 364 g/mol. The van der Waals surface area contributed by atoms with E-state index >= 15 is 0 Å². The summed E-state index contributed by atoms with van der Waals surface area (Å²) in [6.45, 7) is 3.06. The summed E-state index contributed by atoms with van der Waals surface area (Å²) < 4.78 is 28.0. The molecule has 0 N–H and O–H groups in total. The first-order valence-electron chi connectivity index (χ1n) is 6.30. The van der Waals surface area contributed by atoms with Crippen LogP contribution >= 0.6 is 15.9 Å². The second kappa shape index (κ2) is 6.28. The minimum Gasteiger partial charge on any atom is -0.444 e. The van der Waals surface area contributed by atoms with E-state index in [4.69, 9.17) is 4.42 Å². The Morgan fingerprint density at radius 2 is 1.95 bits per heavy atom. The first-order valence-corrected chi connectivity index (χ1v) is 9.15. The predicted octanol–water partition coefficient (Wildman–Crippen LogP) is 0.845. The molecule has 0 aliphatic carbocycles. The summed E-state index contributed by atoms with van der Waals surface area (Å²) in [5, 5.41) is 0. The van der Waals surface area contributed by atoms with Crippen molar-refractivity contribution in [3.05, 3.63) is 22.6 Å². The normalized spacial score (nSPS) is 17.4. The number of rotatable bonds is 4. The van der Waals surface area contributed by atoms with Crippen molar-refractivity contribution >= 4 is 31.7 Å². The second-order valence-corrected chi connectivity index (χ2v) is 7.91. The zero-order valence-electron chi connectivity index (χ0n) is 11.2. The van der Waals surface area contributed by atoms with Gasteiger partial charge in [0.25, 0.3) is 5.91 Å². The van der Waals surface area contributed by atoms with Crippen molar-refractivity contribution < 1.29 is 17.6 Å². The molecule has 2 heterocycles. The van der Waals surface area contributed by atoms with Gasteiger partial charge in [0.1, 0.15) is 9.84 Å². The topological polar surface area (TPSA) is 70.8 Å². The minimum absolute atomic E-state index is 0.126. The van der Waals surface area contributed by atoms with Gasteiger partial charge in [-0.15, -0.1) is 0 Å². The van der Waals surface area contributed by atoms with Crippen LogP contribution in [0.2, 0.25) is 0 Å². The average Bonchev–Trinajstić information content (AvgIpc) is 2.82. The quantitative estimate of drug-likeness (QED) is 0.791. The van der Waals surface area contributed by atoms with Crippen LogP contribution in [-0.4, -0.2) is 68.9 Å². The first-order chi connectivity index (χ1) is 9.35. The Hall–Kier alpha value is -0.860. The summed E-state index contributed by atoms with van der Waals surface area (Å²) in [6, 6.07) is 3.33. The maximum atomic E-state index is 12.1. The standard InChI is InChI=1S/C12H17BrN2O4S/c1-20(17,18)9-8-14-4-6-15(7-5-14)12(16)10-2-3-11(13)19-10/h2-3H,4-9H2,1H3. The molecule has 20 heavy (non-hydrogen) atoms. The van der Waals surface area contributed by atoms with Crippen LogP contribution in [0.5, 0.6) is 0 Å². The van der Waals surface area contributed by atoms with Crippen molar-refractivity contribution in [2.24, 2.45) is 0 Å². The van der Waals surface area contributed by atoms with E-state index < -0.39 is 9.84 Å². The van der Waals surface area contributed by atoms with Crippen LogP contribution in [-0.2, 0) is 9.84 Å². The predicted molar refractivity (Wildman–Crippen MR) is 78.5 cm³/mol. The van der Waals surface area contributed by atoms with Gasteiger partial charge in [0.2, 0.25) is 0 Å². The Morgan fingerprint density at radius 1 is 1.30 bits per heavy atom. The van der Waals surface area contributed by atoms with Crippen molar-refractivity contribution in [1.29, 1.82) is 0 Å². The number of amides is 1. The third-order valence-electron chi connectivity index (χ3n) is 3.22. The number of nitrogens with zero attached hydrogens (tertiary/aromatic N) is 2. The molecule has 1 amide bonds. The van der Waals surface area contributed by atoms with E-state index in [2.05, 4.69) is 20.8 Å². The van der Waals surface area contributed by atoms with Gasteiger partial charge in [0, 0.05) is 39.0 Å². The Labute approximate surface area is 126 Å². The summed E-state index contributed by atoms with van der Waals surface area (Å²) >= 11 is 3.17. The van der Waals surface area contributed by atoms with Gasteiger partial charge in [-0.3, -0.25) is 9.69 Å². The maximum absolute atomic E-state index is 12.1. The molecular weight excluding hydrogens is 348 g/mol. The third kappa shape index (κ3) is 4.32. The molecule has 1 fully saturated rings. The number of carbonyl (C=O) groups excluding carboxylic acids is 1. The van der Waals surface area contributed by atoms with E-state index in [0.717, 1.165) is 0 Å². The SMILES string of the molecule is CS(=O)(=O)CCN1CCN(C(=O)c2ccc(Br)o2)CC1. The number of sulfone groups is 1. The molecular formula is C12H17BrN2O4S. The van der Waals surface area contributed by atoms with Crippen LogP contribution < -0.4 is 0 Å². The van der Waals surface area contributed by atoms with Crippen LogP contribution in [0.15, 0.2) is 21.2 Å². The third-order valence-corrected chi connectivity index (χ3v) is 4.57. The highest BCUT2D eigenvalue weighted by Gasteiger charge is 2.24. The van der Waals surface area contributed by atoms with E-state index in [-0.39, 0.29) is 11.7 Å². The lowest BCUT2D eigenvalue weighted by Crippen LogP contribution is -2.49. The molecule has 0 unspecified atom stereocenters. The highest BCUT2D eigenvalue weighted by molar-refractivity contribution is 9.10. The van der Waals surface area contributed by atoms with E-state index in [0.29, 0.717) is 43.2 Å². The summed E-state index contributed by atoms with van der Waals surface area (Å²) in [5.41, 5.74) is 0. The lowest BCUT2D eigenvalue weighted by atomic mass is 10.3. The van der Waals surface area contributed by atoms with Gasteiger partial charge in [0.05, 0.1) is 5.75 Å². The van der Waals surface area contributed by atoms with Gasteiger partial charge in [-0.2, -0.15) is 0 Å². The summed E-state index contributed by atoms with van der Waals surface area (Å²) in [4.78, 5) is 15.9. The lowest BCUT2D eigenvalue weighted by Gasteiger charge is -2.34. The molecule has 1 saturated heterocycles. The van der Waals surface area contributed by atoms with Crippen LogP contribution in [0.4, 0.5) is 0 Å². The molecule has 1 aliphatic rings. The molecule has 6 nitrogen and oxygen atoms in total. The Bertz CT molecular complexity index is 576. The number of carbonyl (C=O) groups is 1. The van der Waals surface area contributed by atoms with E-state index in [9.17, 15) is 13.2 Å². The van der Waals surface area contributed by atoms with Crippen molar-refractivity contribution in [1.82, 2.24) is 9.80 Å². The Balaban J connectivity index is 1.83. The van der Waals surface area contributed by atoms with E-state index in [1.807, 2.05) is 0 Å². The fraction of sp³-hybridized carbons (Fsp3) is 0.583. The smallest absolute Gasteiger partial charge is 0.289 e. The van der Waals surface area contributed by atoms with Gasteiger partial charge >= 0.3 is 0 Å². The van der Waals surface area contributed by atoms with Crippen LogP contribution in [0.1, 0.15) is 10.6 Å². The van der Waals surface area contributed by atoms with Crippen molar-refractivity contribution in [3.8, 4) is 0 Å². The fourth-order valence-electron chi connectivity index (χ4n) is 2.05. The number of piperazine rings is 1. The van der Waals surface area contributed by atoms with Gasteiger partial charge < -0.3 is 9.32 Å². The van der Waals surface area contributed by atoms with Crippen molar-refractivity contribution in [2.75, 3.05) is 44.7 Å². The van der Waals surface area contributed by atoms with Gasteiger partial charge in [-0.25, -0.2) is 8.42 Å². The van der Waals surface area contributed by atoms with E-state index in [1.54, 1.807) is 17.0 Å². The highest BCUT2D eigenvalue weighted by atomic mass is 79.9. The molecule has 1 aromatic rings. The second-order valence-electron chi connectivity index (χ2n) is 4.87. The largest absolute Gasteiger partial charge is 0.444 e. The first kappa shape index (κ1) is 15.5. The molecule has 0 bridgehead atoms. The molecule has 0 spiro atoms. The summed E-state index contributed by atoms with van der Waals surface area (Å²) in [5.74, 6) is 0.353. The molecule has 8 heteroatoms. The summed E-state index contributed by atoms with van der Waals surface area (Å²) in [6.07, 6.45) is 1.24. The number of furan rings is 1. The van der Waals surface area contributed by atoms with Crippen LogP contribution in [0, 0.1) is 0 Å². The molecule has 1 aromatic heterocycles. The molecule has 0 atom stereocenters. The maximum Gasteiger partial charge on any atom is 0.289 e. The minimum atomic E-state index is -2.94. The fourth-order valence-corrected chi connectivity index (χ4v) is 2.95. The number of hydrogen-bond donors (Lipinski definition) is 0. The molecule has 0 radical (unpaired) electrons. The van der Waals surface area contributed by atoms with E-state index in [1.165, 1.54) is 6.26 Å². The number of halogens is 1. The van der Waals surface area contributed by atoms with Crippen molar-refractivity contribution in [3.63, 3.8) is 0 Å². The lowest BCUT2D eigenvalue weighted by molar-refractivity contribution is 0.0611. The van der Waals surface area contributed by atoms with Gasteiger partial charge in [0.15, 0.2) is 10.4 Å². The molecule has 112 valence electrons. The van der Waals surface area contributed by atoms with Crippen molar-refractivity contribution in [2.45, 2.75) is 0 Å². The summed E-state index contributed by atoms with van der Waals surface area (Å²) in [7, 11) is -2.94.